The van der Waals surface area contributed by atoms with Crippen LogP contribution in [-0.4, -0.2) is 43.4 Å². The van der Waals surface area contributed by atoms with E-state index in [9.17, 15) is 9.59 Å². The first-order valence-corrected chi connectivity index (χ1v) is 9.50. The van der Waals surface area contributed by atoms with Crippen molar-refractivity contribution >= 4 is 16.8 Å². The third-order valence-electron chi connectivity index (χ3n) is 4.76. The number of hydrogen-bond donors (Lipinski definition) is 1. The average molecular weight is 411 g/mol. The van der Waals surface area contributed by atoms with Crippen LogP contribution in [0.3, 0.4) is 0 Å². The van der Waals surface area contributed by atoms with E-state index in [4.69, 9.17) is 14.2 Å². The molecule has 0 aliphatic heterocycles. The Labute approximate surface area is 174 Å². The van der Waals surface area contributed by atoms with Crippen LogP contribution in [0, 0.1) is 0 Å². The minimum absolute atomic E-state index is 0.170. The van der Waals surface area contributed by atoms with Crippen molar-refractivity contribution in [1.29, 1.82) is 0 Å². The van der Waals surface area contributed by atoms with Gasteiger partial charge in [0.15, 0.2) is 0 Å². The Bertz CT molecular complexity index is 1090. The Kier molecular flexibility index (Phi) is 6.68. The van der Waals surface area contributed by atoms with Crippen LogP contribution in [0.15, 0.2) is 47.3 Å². The highest BCUT2D eigenvalue weighted by atomic mass is 16.5. The minimum Gasteiger partial charge on any atom is -0.497 e. The molecular weight excluding hydrogens is 386 g/mol. The van der Waals surface area contributed by atoms with Crippen molar-refractivity contribution in [2.45, 2.75) is 19.5 Å². The predicted octanol–water partition coefficient (Wildman–Crippen LogP) is 2.55. The van der Waals surface area contributed by atoms with Crippen molar-refractivity contribution in [3.63, 3.8) is 0 Å². The van der Waals surface area contributed by atoms with Crippen LogP contribution in [-0.2, 0) is 11.3 Å². The molecule has 0 fully saturated rings. The zero-order valence-electron chi connectivity index (χ0n) is 17.5. The fraction of sp³-hybridized carbons (Fsp3) is 0.318. The number of fused-ring (bicyclic) bond motifs is 1. The molecule has 3 aromatic rings. The molecule has 158 valence electrons. The number of para-hydroxylation sites is 1. The lowest BCUT2D eigenvalue weighted by molar-refractivity contribution is 0.0936. The first-order valence-electron chi connectivity index (χ1n) is 9.50. The fourth-order valence-corrected chi connectivity index (χ4v) is 3.20. The summed E-state index contributed by atoms with van der Waals surface area (Å²) in [7, 11) is 4.61. The number of amides is 1. The molecule has 3 rings (SSSR count). The van der Waals surface area contributed by atoms with Gasteiger partial charge in [-0.2, -0.15) is 0 Å². The molecule has 8 heteroatoms. The maximum Gasteiger partial charge on any atom is 0.261 e. The van der Waals surface area contributed by atoms with Crippen molar-refractivity contribution < 1.29 is 19.0 Å². The SMILES string of the molecule is COCCn1c(C(C)NC(=O)c2cc(OC)cc(OC)c2)nc2ccccc2c1=O. The fourth-order valence-electron chi connectivity index (χ4n) is 3.20. The quantitative estimate of drug-likeness (QED) is 0.613. The van der Waals surface area contributed by atoms with E-state index in [1.807, 2.05) is 6.07 Å². The minimum atomic E-state index is -0.524. The molecule has 0 spiro atoms. The molecule has 1 amide bonds. The maximum atomic E-state index is 13.0. The highest BCUT2D eigenvalue weighted by Crippen LogP contribution is 2.23. The summed E-state index contributed by atoms with van der Waals surface area (Å²) in [6.07, 6.45) is 0. The molecule has 0 bridgehead atoms. The Morgan fingerprint density at radius 2 is 1.77 bits per heavy atom. The second-order valence-electron chi connectivity index (χ2n) is 6.73. The monoisotopic (exact) mass is 411 g/mol. The molecule has 0 aliphatic rings. The molecule has 1 atom stereocenters. The van der Waals surface area contributed by atoms with Crippen molar-refractivity contribution in [2.24, 2.45) is 0 Å². The number of carbonyl (C=O) groups is 1. The van der Waals surface area contributed by atoms with Gasteiger partial charge in [0.25, 0.3) is 11.5 Å². The van der Waals surface area contributed by atoms with E-state index in [0.717, 1.165) is 0 Å². The van der Waals surface area contributed by atoms with E-state index in [0.29, 0.717) is 46.9 Å². The van der Waals surface area contributed by atoms with Gasteiger partial charge in [-0.3, -0.25) is 14.2 Å². The maximum absolute atomic E-state index is 13.0. The number of rotatable bonds is 8. The van der Waals surface area contributed by atoms with Crippen LogP contribution < -0.4 is 20.3 Å². The number of hydrogen-bond acceptors (Lipinski definition) is 6. The molecule has 0 saturated heterocycles. The van der Waals surface area contributed by atoms with Crippen LogP contribution in [0.4, 0.5) is 0 Å². The highest BCUT2D eigenvalue weighted by molar-refractivity contribution is 5.95. The summed E-state index contributed by atoms with van der Waals surface area (Å²) in [4.78, 5) is 30.5. The summed E-state index contributed by atoms with van der Waals surface area (Å²) < 4.78 is 17.2. The van der Waals surface area contributed by atoms with Crippen LogP contribution in [0.2, 0.25) is 0 Å². The number of carbonyl (C=O) groups excluding carboxylic acids is 1. The van der Waals surface area contributed by atoms with Gasteiger partial charge in [0, 0.05) is 18.7 Å². The lowest BCUT2D eigenvalue weighted by atomic mass is 10.1. The summed E-state index contributed by atoms with van der Waals surface area (Å²) >= 11 is 0. The Balaban J connectivity index is 1.97. The molecule has 8 nitrogen and oxygen atoms in total. The molecule has 30 heavy (non-hydrogen) atoms. The topological polar surface area (TPSA) is 91.7 Å². The molecule has 0 saturated carbocycles. The third-order valence-corrected chi connectivity index (χ3v) is 4.76. The van der Waals surface area contributed by atoms with Gasteiger partial charge >= 0.3 is 0 Å². The van der Waals surface area contributed by atoms with Gasteiger partial charge in [-0.25, -0.2) is 4.98 Å². The number of benzene rings is 2. The average Bonchev–Trinajstić information content (AvgIpc) is 2.77. The van der Waals surface area contributed by atoms with Gasteiger partial charge in [-0.15, -0.1) is 0 Å². The first kappa shape index (κ1) is 21.3. The number of methoxy groups -OCH3 is 3. The summed E-state index contributed by atoms with van der Waals surface area (Å²) in [5.41, 5.74) is 0.789. The third kappa shape index (κ3) is 4.44. The lowest BCUT2D eigenvalue weighted by Gasteiger charge is -2.20. The molecular formula is C22H25N3O5. The number of nitrogens with zero attached hydrogens (tertiary/aromatic N) is 2. The molecule has 1 aromatic heterocycles. The number of aromatic nitrogens is 2. The van der Waals surface area contributed by atoms with Gasteiger partial charge in [-0.05, 0) is 31.2 Å². The zero-order chi connectivity index (χ0) is 21.7. The van der Waals surface area contributed by atoms with Gasteiger partial charge in [0.1, 0.15) is 17.3 Å². The van der Waals surface area contributed by atoms with E-state index in [2.05, 4.69) is 10.3 Å². The second-order valence-corrected chi connectivity index (χ2v) is 6.73. The molecule has 0 aliphatic carbocycles. The van der Waals surface area contributed by atoms with Crippen molar-refractivity contribution in [2.75, 3.05) is 27.9 Å². The predicted molar refractivity (Wildman–Crippen MR) is 113 cm³/mol. The summed E-state index contributed by atoms with van der Waals surface area (Å²) in [5.74, 6) is 1.14. The zero-order valence-corrected chi connectivity index (χ0v) is 17.5. The molecule has 1 heterocycles. The van der Waals surface area contributed by atoms with Gasteiger partial charge in [-0.1, -0.05) is 12.1 Å². The van der Waals surface area contributed by atoms with Crippen molar-refractivity contribution in [3.8, 4) is 11.5 Å². The summed E-state index contributed by atoms with van der Waals surface area (Å²) in [5, 5.41) is 3.43. The summed E-state index contributed by atoms with van der Waals surface area (Å²) in [6, 6.07) is 11.5. The van der Waals surface area contributed by atoms with E-state index in [-0.39, 0.29) is 11.5 Å². The highest BCUT2D eigenvalue weighted by Gasteiger charge is 2.20. The van der Waals surface area contributed by atoms with E-state index in [1.165, 1.54) is 14.2 Å². The molecule has 0 radical (unpaired) electrons. The Morgan fingerprint density at radius 3 is 2.40 bits per heavy atom. The van der Waals surface area contributed by atoms with Crippen LogP contribution >= 0.6 is 0 Å². The largest absolute Gasteiger partial charge is 0.497 e. The second kappa shape index (κ2) is 9.41. The Morgan fingerprint density at radius 1 is 1.10 bits per heavy atom. The lowest BCUT2D eigenvalue weighted by Crippen LogP contribution is -2.34. The normalized spacial score (nSPS) is 11.9. The smallest absolute Gasteiger partial charge is 0.261 e. The number of nitrogens with one attached hydrogen (secondary N) is 1. The summed E-state index contributed by atoms with van der Waals surface area (Å²) in [6.45, 7) is 2.46. The first-order chi connectivity index (χ1) is 14.5. The van der Waals surface area contributed by atoms with E-state index in [1.54, 1.807) is 55.0 Å². The molecule has 1 unspecified atom stereocenters. The van der Waals surface area contributed by atoms with Crippen LogP contribution in [0.1, 0.15) is 29.1 Å². The van der Waals surface area contributed by atoms with Crippen LogP contribution in [0.5, 0.6) is 11.5 Å². The van der Waals surface area contributed by atoms with E-state index >= 15 is 0 Å². The number of ether oxygens (including phenoxy) is 3. The molecule has 2 aromatic carbocycles. The van der Waals surface area contributed by atoms with Gasteiger partial charge in [0.05, 0.1) is 44.3 Å². The van der Waals surface area contributed by atoms with Crippen LogP contribution in [0.25, 0.3) is 10.9 Å². The van der Waals surface area contributed by atoms with E-state index < -0.39 is 6.04 Å². The standard InChI is InChI=1S/C22H25N3O5/c1-14(23-21(26)15-11-16(29-3)13-17(12-15)30-4)20-24-19-8-6-5-7-18(19)22(27)25(20)9-10-28-2/h5-8,11-14H,9-10H2,1-4H3,(H,23,26). The van der Waals surface area contributed by atoms with Crippen molar-refractivity contribution in [1.82, 2.24) is 14.9 Å². The van der Waals surface area contributed by atoms with Gasteiger partial charge in [0.2, 0.25) is 0 Å². The van der Waals surface area contributed by atoms with Gasteiger partial charge < -0.3 is 19.5 Å². The van der Waals surface area contributed by atoms with Crippen molar-refractivity contribution in [3.05, 3.63) is 64.2 Å². The Hall–Kier alpha value is -3.39. The molecule has 1 N–H and O–H groups in total.